The molecule has 0 aliphatic rings. The maximum absolute atomic E-state index is 6.46. The zero-order valence-electron chi connectivity index (χ0n) is 39.4. The summed E-state index contributed by atoms with van der Waals surface area (Å²) in [5.74, 6) is 3.18. The summed E-state index contributed by atoms with van der Waals surface area (Å²) in [7, 11) is 6.69. The van der Waals surface area contributed by atoms with Gasteiger partial charge in [0, 0.05) is 45.9 Å². The average Bonchev–Trinajstić information content (AvgIpc) is 4.12. The van der Waals surface area contributed by atoms with Crippen LogP contribution in [-0.2, 0) is 56.8 Å². The van der Waals surface area contributed by atoms with Gasteiger partial charge in [0.1, 0.15) is 36.2 Å². The molecule has 0 amide bonds. The van der Waals surface area contributed by atoms with E-state index in [0.29, 0.717) is 159 Å². The minimum absolute atomic E-state index is 0.358. The lowest BCUT2D eigenvalue weighted by molar-refractivity contribution is -0.0159. The number of aryl methyl sites for hydroxylation is 2. The van der Waals surface area contributed by atoms with Crippen molar-refractivity contribution < 1.29 is 75.8 Å². The summed E-state index contributed by atoms with van der Waals surface area (Å²) in [5, 5.41) is 0. The van der Waals surface area contributed by atoms with E-state index < -0.39 is 0 Å². The van der Waals surface area contributed by atoms with Crippen molar-refractivity contribution in [2.45, 2.75) is 13.8 Å². The first-order valence-corrected chi connectivity index (χ1v) is 25.3. The quantitative estimate of drug-likeness (QED) is 0.0397. The van der Waals surface area contributed by atoms with Crippen molar-refractivity contribution in [3.8, 4) is 52.3 Å². The van der Waals surface area contributed by atoms with Crippen molar-refractivity contribution in [2.75, 3.05) is 187 Å². The van der Waals surface area contributed by atoms with Crippen LogP contribution in [0, 0.1) is 13.8 Å². The van der Waals surface area contributed by atoms with E-state index in [1.165, 1.54) is 4.88 Å². The SMILES string of the molecule is COCCOCCOCCOCCOCCOCCOc1cc(C)sc1-c1sc(-c2cc(OC)c(-c3sc(C)cc3OC)s2)cc1OCCOCCOCCOCCOCCOCCOC. The zero-order valence-corrected chi connectivity index (χ0v) is 42.7. The van der Waals surface area contributed by atoms with Gasteiger partial charge in [0.15, 0.2) is 0 Å². The second-order valence-electron chi connectivity index (χ2n) is 13.9. The molecule has 0 bridgehead atoms. The number of ether oxygens (including phenoxy) is 16. The van der Waals surface area contributed by atoms with Crippen LogP contribution in [0.15, 0.2) is 24.3 Å². The van der Waals surface area contributed by atoms with Gasteiger partial charge >= 0.3 is 0 Å². The van der Waals surface area contributed by atoms with Crippen molar-refractivity contribution in [1.29, 1.82) is 0 Å². The van der Waals surface area contributed by atoms with Crippen LogP contribution in [-0.4, -0.2) is 187 Å². The monoisotopic (exact) mass is 1010 g/mol. The molecule has 0 atom stereocenters. The Bertz CT molecular complexity index is 1810. The number of hydrogen-bond donors (Lipinski definition) is 0. The molecule has 0 N–H and O–H groups in total. The lowest BCUT2D eigenvalue weighted by Gasteiger charge is -2.10. The van der Waals surface area contributed by atoms with Gasteiger partial charge in [-0.05, 0) is 26.0 Å². The topological polar surface area (TPSA) is 148 Å². The van der Waals surface area contributed by atoms with E-state index >= 15 is 0 Å². The summed E-state index contributed by atoms with van der Waals surface area (Å²) in [5.41, 5.74) is 0. The second-order valence-corrected chi connectivity index (χ2v) is 18.5. The Hall–Kier alpha value is -2.48. The fourth-order valence-electron chi connectivity index (χ4n) is 5.79. The minimum Gasteiger partial charge on any atom is -0.495 e. The largest absolute Gasteiger partial charge is 0.495 e. The number of thiophene rings is 4. The lowest BCUT2D eigenvalue weighted by Crippen LogP contribution is -2.14. The fourth-order valence-corrected chi connectivity index (χ4v) is 10.3. The van der Waals surface area contributed by atoms with Crippen molar-refractivity contribution in [3.63, 3.8) is 0 Å². The molecule has 4 aromatic rings. The van der Waals surface area contributed by atoms with E-state index in [2.05, 4.69) is 38.1 Å². The Kier molecular flexibility index (Phi) is 30.3. The van der Waals surface area contributed by atoms with Crippen LogP contribution in [0.4, 0.5) is 0 Å². The average molecular weight is 1010 g/mol. The first-order valence-electron chi connectivity index (χ1n) is 22.1. The smallest absolute Gasteiger partial charge is 0.139 e. The van der Waals surface area contributed by atoms with E-state index in [4.69, 9.17) is 75.8 Å². The first-order chi connectivity index (χ1) is 32.5. The lowest BCUT2D eigenvalue weighted by atomic mass is 10.3. The highest BCUT2D eigenvalue weighted by Gasteiger charge is 2.24. The molecule has 0 aliphatic heterocycles. The van der Waals surface area contributed by atoms with Crippen LogP contribution in [0.1, 0.15) is 9.75 Å². The second kappa shape index (κ2) is 35.6. The molecule has 0 spiro atoms. The van der Waals surface area contributed by atoms with E-state index in [-0.39, 0.29) is 0 Å². The Labute approximate surface area is 406 Å². The third kappa shape index (κ3) is 21.9. The number of rotatable bonds is 43. The molecule has 0 saturated carbocycles. The normalized spacial score (nSPS) is 11.5. The maximum Gasteiger partial charge on any atom is 0.139 e. The van der Waals surface area contributed by atoms with Gasteiger partial charge in [-0.2, -0.15) is 0 Å². The summed E-state index contributed by atoms with van der Waals surface area (Å²) in [6.45, 7) is 15.9. The van der Waals surface area contributed by atoms with Gasteiger partial charge in [0.25, 0.3) is 0 Å². The molecule has 16 nitrogen and oxygen atoms in total. The fraction of sp³-hybridized carbons (Fsp3) is 0.652. The molecule has 0 radical (unpaired) electrons. The maximum atomic E-state index is 6.46. The van der Waals surface area contributed by atoms with Crippen molar-refractivity contribution in [1.82, 2.24) is 0 Å². The molecule has 0 aromatic carbocycles. The molecular formula is C46H70O16S4. The number of hydrogen-bond acceptors (Lipinski definition) is 20. The molecule has 4 rings (SSSR count). The molecule has 66 heavy (non-hydrogen) atoms. The van der Waals surface area contributed by atoms with Crippen molar-refractivity contribution in [2.24, 2.45) is 0 Å². The van der Waals surface area contributed by atoms with Crippen molar-refractivity contribution in [3.05, 3.63) is 34.0 Å². The van der Waals surface area contributed by atoms with E-state index in [9.17, 15) is 0 Å². The van der Waals surface area contributed by atoms with E-state index in [1.807, 2.05) is 0 Å². The Morgan fingerprint density at radius 1 is 0.288 bits per heavy atom. The van der Waals surface area contributed by atoms with Crippen LogP contribution in [0.5, 0.6) is 23.0 Å². The van der Waals surface area contributed by atoms with Crippen LogP contribution in [0.3, 0.4) is 0 Å². The van der Waals surface area contributed by atoms with Crippen LogP contribution in [0.2, 0.25) is 0 Å². The Morgan fingerprint density at radius 3 is 0.879 bits per heavy atom. The molecule has 0 fully saturated rings. The Balaban J connectivity index is 1.23. The molecule has 4 aromatic heterocycles. The molecular weight excluding hydrogens is 937 g/mol. The highest BCUT2D eigenvalue weighted by atomic mass is 32.1. The first kappa shape index (κ1) is 56.1. The van der Waals surface area contributed by atoms with Gasteiger partial charge in [-0.1, -0.05) is 0 Å². The van der Waals surface area contributed by atoms with Crippen LogP contribution >= 0.6 is 45.3 Å². The van der Waals surface area contributed by atoms with Crippen LogP contribution in [0.25, 0.3) is 29.3 Å². The standard InChI is InChI=1S/C46H70O16S4/c1-35-31-37(49-5)43(63-35)44-38(50-6)33-41(65-44)42-34-40(62-30-28-60-26-24-58-22-20-56-18-16-54-14-12-52-10-8-48-4)46(66-42)45-39(32-36(2)64-45)61-29-27-59-25-23-57-21-19-55-17-15-53-13-11-51-9-7-47-3/h31-34H,7-30H2,1-6H3. The predicted molar refractivity (Wildman–Crippen MR) is 260 cm³/mol. The third-order valence-electron chi connectivity index (χ3n) is 8.94. The molecule has 20 heteroatoms. The molecule has 0 saturated heterocycles. The van der Waals surface area contributed by atoms with Gasteiger partial charge in [0.2, 0.25) is 0 Å². The third-order valence-corrected chi connectivity index (χ3v) is 13.8. The molecule has 4 heterocycles. The summed E-state index contributed by atoms with van der Waals surface area (Å²) < 4.78 is 90.1. The summed E-state index contributed by atoms with van der Waals surface area (Å²) in [4.78, 5) is 8.46. The molecule has 374 valence electrons. The van der Waals surface area contributed by atoms with Gasteiger partial charge in [-0.15, -0.1) is 45.3 Å². The predicted octanol–water partition coefficient (Wildman–Crippen LogP) is 7.78. The minimum atomic E-state index is 0.358. The van der Waals surface area contributed by atoms with Gasteiger partial charge in [-0.3, -0.25) is 0 Å². The van der Waals surface area contributed by atoms with Crippen LogP contribution < -0.4 is 18.9 Å². The van der Waals surface area contributed by atoms with E-state index in [0.717, 1.165) is 57.1 Å². The highest BCUT2D eigenvalue weighted by molar-refractivity contribution is 7.29. The summed E-state index contributed by atoms with van der Waals surface area (Å²) >= 11 is 6.69. The van der Waals surface area contributed by atoms with E-state index in [1.54, 1.807) is 73.8 Å². The van der Waals surface area contributed by atoms with Gasteiger partial charge in [-0.25, -0.2) is 0 Å². The molecule has 0 unspecified atom stereocenters. The molecule has 0 aliphatic carbocycles. The zero-order chi connectivity index (χ0) is 46.9. The summed E-state index contributed by atoms with van der Waals surface area (Å²) in [6.07, 6.45) is 0. The summed E-state index contributed by atoms with van der Waals surface area (Å²) in [6, 6.07) is 8.31. The van der Waals surface area contributed by atoms with Gasteiger partial charge < -0.3 is 75.8 Å². The van der Waals surface area contributed by atoms with Crippen molar-refractivity contribution >= 4 is 45.3 Å². The van der Waals surface area contributed by atoms with Gasteiger partial charge in [0.05, 0.1) is 179 Å². The number of methoxy groups -OCH3 is 4. The Morgan fingerprint density at radius 2 is 0.530 bits per heavy atom. The highest BCUT2D eigenvalue weighted by Crippen LogP contribution is 2.54.